The van der Waals surface area contributed by atoms with Crippen molar-refractivity contribution in [2.45, 2.75) is 25.6 Å². The second-order valence-electron chi connectivity index (χ2n) is 8.23. The van der Waals surface area contributed by atoms with Gasteiger partial charge in [0.05, 0.1) is 17.3 Å². The Balaban J connectivity index is 1.47. The van der Waals surface area contributed by atoms with E-state index in [-0.39, 0.29) is 10.6 Å². The van der Waals surface area contributed by atoms with Gasteiger partial charge >= 0.3 is 6.18 Å². The first kappa shape index (κ1) is 21.9. The summed E-state index contributed by atoms with van der Waals surface area (Å²) in [4.78, 5) is 6.28. The molecule has 12 heteroatoms. The van der Waals surface area contributed by atoms with Gasteiger partial charge in [0.1, 0.15) is 5.69 Å². The van der Waals surface area contributed by atoms with Crippen molar-refractivity contribution in [3.63, 3.8) is 0 Å². The van der Waals surface area contributed by atoms with Gasteiger partial charge in [-0.25, -0.2) is 0 Å². The van der Waals surface area contributed by atoms with Crippen LogP contribution in [0.25, 0.3) is 11.5 Å². The van der Waals surface area contributed by atoms with Gasteiger partial charge in [0.25, 0.3) is 0 Å². The summed E-state index contributed by atoms with van der Waals surface area (Å²) in [5.41, 5.74) is 0.382. The molecule has 1 aromatic carbocycles. The van der Waals surface area contributed by atoms with Crippen molar-refractivity contribution in [1.82, 2.24) is 25.7 Å². The van der Waals surface area contributed by atoms with Crippen molar-refractivity contribution in [1.29, 1.82) is 0 Å². The third-order valence-electron chi connectivity index (χ3n) is 5.99. The molecule has 0 bridgehead atoms. The Morgan fingerprint density at radius 2 is 2.06 bits per heavy atom. The highest BCUT2D eigenvalue weighted by Crippen LogP contribution is 2.41. The Kier molecular flexibility index (Phi) is 5.61. The van der Waals surface area contributed by atoms with Crippen molar-refractivity contribution >= 4 is 23.1 Å². The van der Waals surface area contributed by atoms with E-state index in [0.717, 1.165) is 19.2 Å². The van der Waals surface area contributed by atoms with Crippen LogP contribution in [-0.2, 0) is 12.6 Å². The first-order valence-corrected chi connectivity index (χ1v) is 11.0. The summed E-state index contributed by atoms with van der Waals surface area (Å²) >= 11 is 6.06. The van der Waals surface area contributed by atoms with E-state index in [2.05, 4.69) is 31.0 Å². The molecule has 0 unspecified atom stereocenters. The van der Waals surface area contributed by atoms with Crippen LogP contribution in [0.5, 0.6) is 0 Å². The minimum absolute atomic E-state index is 0.0946. The molecule has 1 saturated heterocycles. The molecule has 1 fully saturated rings. The van der Waals surface area contributed by atoms with Crippen LogP contribution in [0, 0.1) is 5.92 Å². The Bertz CT molecular complexity index is 1170. The highest BCUT2D eigenvalue weighted by atomic mass is 35.5. The molecule has 8 nitrogen and oxygen atoms in total. The van der Waals surface area contributed by atoms with E-state index in [9.17, 15) is 13.2 Å². The van der Waals surface area contributed by atoms with Gasteiger partial charge < -0.3 is 20.1 Å². The molecule has 2 aliphatic rings. The fraction of sp³-hybridized carbons (Fsp3) is 0.429. The quantitative estimate of drug-likeness (QED) is 0.568. The molecule has 0 aliphatic carbocycles. The summed E-state index contributed by atoms with van der Waals surface area (Å²) in [7, 11) is 0. The maximum absolute atomic E-state index is 13.7. The second kappa shape index (κ2) is 8.45. The minimum Gasteiger partial charge on any atom is -0.365 e. The summed E-state index contributed by atoms with van der Waals surface area (Å²) in [5, 5.41) is 19.0. The van der Waals surface area contributed by atoms with Crippen LogP contribution in [0.2, 0.25) is 5.02 Å². The topological polar surface area (TPSA) is 92.0 Å². The smallest absolute Gasteiger partial charge is 0.365 e. The fourth-order valence-corrected chi connectivity index (χ4v) is 4.32. The molecule has 0 amide bonds. The third kappa shape index (κ3) is 4.34. The zero-order valence-electron chi connectivity index (χ0n) is 17.7. The average Bonchev–Trinajstić information content (AvgIpc) is 3.23. The SMILES string of the molecule is C[C@H](c1cc(Cl)ccc1C(F)(F)F)N1CCNc2nnc(-c3noc(CC4CNC4)n3)cc21. The van der Waals surface area contributed by atoms with Crippen LogP contribution in [0.4, 0.5) is 24.7 Å². The van der Waals surface area contributed by atoms with E-state index in [4.69, 9.17) is 16.1 Å². The Hall–Kier alpha value is -2.92. The van der Waals surface area contributed by atoms with E-state index < -0.39 is 17.8 Å². The second-order valence-corrected chi connectivity index (χ2v) is 8.67. The van der Waals surface area contributed by atoms with Gasteiger partial charge in [-0.05, 0) is 55.8 Å². The Morgan fingerprint density at radius 1 is 1.24 bits per heavy atom. The molecule has 3 aromatic rings. The van der Waals surface area contributed by atoms with Gasteiger partial charge in [0, 0.05) is 24.5 Å². The first-order valence-electron chi connectivity index (χ1n) is 10.6. The number of anilines is 2. The third-order valence-corrected chi connectivity index (χ3v) is 6.23. The lowest BCUT2D eigenvalue weighted by Crippen LogP contribution is -2.43. The van der Waals surface area contributed by atoms with Crippen molar-refractivity contribution in [3.05, 3.63) is 46.3 Å². The molecule has 4 heterocycles. The summed E-state index contributed by atoms with van der Waals surface area (Å²) < 4.78 is 46.4. The molecular weight excluding hydrogens is 459 g/mol. The number of hydrogen-bond acceptors (Lipinski definition) is 8. The lowest BCUT2D eigenvalue weighted by Gasteiger charge is -2.37. The molecule has 0 spiro atoms. The minimum atomic E-state index is -4.50. The molecule has 33 heavy (non-hydrogen) atoms. The van der Waals surface area contributed by atoms with Gasteiger partial charge in [0.2, 0.25) is 11.7 Å². The molecule has 2 aromatic heterocycles. The largest absolute Gasteiger partial charge is 0.416 e. The number of fused-ring (bicyclic) bond motifs is 1. The van der Waals surface area contributed by atoms with Crippen molar-refractivity contribution in [3.8, 4) is 11.5 Å². The lowest BCUT2D eigenvalue weighted by atomic mass is 9.98. The van der Waals surface area contributed by atoms with Gasteiger partial charge in [-0.3, -0.25) is 0 Å². The van der Waals surface area contributed by atoms with Gasteiger partial charge in [-0.1, -0.05) is 16.8 Å². The zero-order chi connectivity index (χ0) is 23.2. The number of aromatic nitrogens is 4. The molecule has 0 radical (unpaired) electrons. The number of benzene rings is 1. The standard InChI is InChI=1S/C21H21ClF3N7O/c1-11(14-7-13(22)2-3-15(14)21(23,24)25)32-5-4-27-20-17(32)8-16(29-30-20)19-28-18(33-31-19)6-12-9-26-10-12/h2-3,7-8,11-12,26H,4-6,9-10H2,1H3,(H,27,30)/t11-/m1/s1. The molecule has 2 N–H and O–H groups in total. The summed E-state index contributed by atoms with van der Waals surface area (Å²) in [6, 6.07) is 4.75. The van der Waals surface area contributed by atoms with Gasteiger partial charge in [-0.2, -0.15) is 18.2 Å². The number of rotatable bonds is 5. The number of alkyl halides is 3. The number of nitrogens with zero attached hydrogens (tertiary/aromatic N) is 5. The number of hydrogen-bond donors (Lipinski definition) is 2. The van der Waals surface area contributed by atoms with Crippen LogP contribution in [0.1, 0.15) is 30.0 Å². The molecular formula is C21H21ClF3N7O. The summed E-state index contributed by atoms with van der Waals surface area (Å²) in [6.45, 7) is 4.52. The van der Waals surface area contributed by atoms with Crippen LogP contribution in [0.3, 0.4) is 0 Å². The predicted octanol–water partition coefficient (Wildman–Crippen LogP) is 3.95. The van der Waals surface area contributed by atoms with E-state index >= 15 is 0 Å². The van der Waals surface area contributed by atoms with E-state index in [0.29, 0.717) is 54.3 Å². The molecule has 5 rings (SSSR count). The van der Waals surface area contributed by atoms with Crippen LogP contribution in [0.15, 0.2) is 28.8 Å². The van der Waals surface area contributed by atoms with Crippen LogP contribution >= 0.6 is 11.6 Å². The van der Waals surface area contributed by atoms with Crippen LogP contribution < -0.4 is 15.5 Å². The molecule has 2 aliphatic heterocycles. The van der Waals surface area contributed by atoms with E-state index in [1.54, 1.807) is 13.0 Å². The van der Waals surface area contributed by atoms with E-state index in [1.165, 1.54) is 12.1 Å². The summed E-state index contributed by atoms with van der Waals surface area (Å²) in [6.07, 6.45) is -3.82. The summed E-state index contributed by atoms with van der Waals surface area (Å²) in [5.74, 6) is 1.77. The monoisotopic (exact) mass is 479 g/mol. The Morgan fingerprint density at radius 3 is 2.79 bits per heavy atom. The number of nitrogens with one attached hydrogen (secondary N) is 2. The van der Waals surface area contributed by atoms with Crippen molar-refractivity contribution in [2.24, 2.45) is 5.92 Å². The zero-order valence-corrected chi connectivity index (χ0v) is 18.4. The lowest BCUT2D eigenvalue weighted by molar-refractivity contribution is -0.138. The van der Waals surface area contributed by atoms with E-state index in [1.807, 2.05) is 4.90 Å². The first-order chi connectivity index (χ1) is 15.8. The molecule has 0 saturated carbocycles. The number of halogens is 4. The maximum Gasteiger partial charge on any atom is 0.416 e. The fourth-order valence-electron chi connectivity index (χ4n) is 4.14. The van der Waals surface area contributed by atoms with Crippen LogP contribution in [-0.4, -0.2) is 46.5 Å². The normalized spacial score (nSPS) is 17.3. The Labute approximate surface area is 192 Å². The highest BCUT2D eigenvalue weighted by molar-refractivity contribution is 6.30. The van der Waals surface area contributed by atoms with Crippen molar-refractivity contribution < 1.29 is 17.7 Å². The van der Waals surface area contributed by atoms with Gasteiger partial charge in [-0.15, -0.1) is 10.2 Å². The highest BCUT2D eigenvalue weighted by Gasteiger charge is 2.36. The molecule has 1 atom stereocenters. The maximum atomic E-state index is 13.7. The average molecular weight is 480 g/mol. The molecule has 174 valence electrons. The van der Waals surface area contributed by atoms with Gasteiger partial charge in [0.15, 0.2) is 5.82 Å². The van der Waals surface area contributed by atoms with Crippen molar-refractivity contribution in [2.75, 3.05) is 36.4 Å². The predicted molar refractivity (Wildman–Crippen MR) is 116 cm³/mol.